The molecule has 1 aliphatic carbocycles. The molecule has 0 radical (unpaired) electrons. The van der Waals surface area contributed by atoms with E-state index in [-0.39, 0.29) is 11.4 Å². The molecular formula is C22H27N3O2S. The van der Waals surface area contributed by atoms with Crippen molar-refractivity contribution in [3.63, 3.8) is 0 Å². The quantitative estimate of drug-likeness (QED) is 0.865. The van der Waals surface area contributed by atoms with Gasteiger partial charge in [-0.25, -0.2) is 0 Å². The molecule has 2 aromatic rings. The molecule has 5 fully saturated rings. The summed E-state index contributed by atoms with van der Waals surface area (Å²) >= 11 is 1.64. The van der Waals surface area contributed by atoms with Crippen LogP contribution in [0.2, 0.25) is 0 Å². The van der Waals surface area contributed by atoms with Crippen LogP contribution in [0.1, 0.15) is 35.4 Å². The summed E-state index contributed by atoms with van der Waals surface area (Å²) in [4.78, 5) is 18.9. The van der Waals surface area contributed by atoms with Crippen molar-refractivity contribution >= 4 is 33.0 Å². The van der Waals surface area contributed by atoms with E-state index < -0.39 is 0 Å². The molecule has 2 atom stereocenters. The molecule has 0 unspecified atom stereocenters. The van der Waals surface area contributed by atoms with Crippen LogP contribution in [0.25, 0.3) is 10.1 Å². The van der Waals surface area contributed by atoms with Crippen LogP contribution in [0.5, 0.6) is 0 Å². The number of piperidine rings is 3. The fourth-order valence-corrected chi connectivity index (χ4v) is 6.81. The highest BCUT2D eigenvalue weighted by molar-refractivity contribution is 7.21. The van der Waals surface area contributed by atoms with Crippen molar-refractivity contribution in [3.8, 4) is 0 Å². The van der Waals surface area contributed by atoms with E-state index in [1.54, 1.807) is 11.3 Å². The second-order valence-electron chi connectivity index (χ2n) is 8.87. The van der Waals surface area contributed by atoms with Gasteiger partial charge < -0.3 is 15.0 Å². The lowest BCUT2D eigenvalue weighted by Crippen LogP contribution is -2.54. The smallest absolute Gasteiger partial charge is 0.261 e. The third-order valence-corrected chi connectivity index (χ3v) is 8.51. The van der Waals surface area contributed by atoms with Crippen LogP contribution in [0.4, 0.5) is 5.69 Å². The molecule has 5 heterocycles. The molecule has 4 saturated heterocycles. The van der Waals surface area contributed by atoms with Crippen molar-refractivity contribution in [2.45, 2.75) is 37.3 Å². The van der Waals surface area contributed by atoms with Crippen LogP contribution in [0, 0.1) is 5.92 Å². The third kappa shape index (κ3) is 2.69. The second-order valence-corrected chi connectivity index (χ2v) is 9.93. The molecule has 1 N–H and O–H groups in total. The lowest BCUT2D eigenvalue weighted by Gasteiger charge is -2.46. The molecule has 1 amide bonds. The average Bonchev–Trinajstić information content (AvgIpc) is 3.20. The van der Waals surface area contributed by atoms with E-state index in [1.807, 2.05) is 0 Å². The molecule has 2 bridgehead atoms. The minimum absolute atomic E-state index is 0.110. The fraction of sp³-hybridized carbons (Fsp3) is 0.591. The molecule has 1 saturated carbocycles. The van der Waals surface area contributed by atoms with E-state index in [1.165, 1.54) is 48.1 Å². The van der Waals surface area contributed by atoms with Gasteiger partial charge >= 0.3 is 0 Å². The normalized spacial score (nSPS) is 34.1. The summed E-state index contributed by atoms with van der Waals surface area (Å²) in [7, 11) is 0. The van der Waals surface area contributed by atoms with Gasteiger partial charge in [-0.1, -0.05) is 12.1 Å². The zero-order chi connectivity index (χ0) is 18.7. The maximum absolute atomic E-state index is 13.0. The number of rotatable bonds is 3. The predicted octanol–water partition coefficient (Wildman–Crippen LogP) is 3.09. The van der Waals surface area contributed by atoms with Gasteiger partial charge in [0.05, 0.1) is 28.5 Å². The molecule has 5 nitrogen and oxygen atoms in total. The van der Waals surface area contributed by atoms with Crippen molar-refractivity contribution in [2.24, 2.45) is 5.92 Å². The third-order valence-electron chi connectivity index (χ3n) is 7.34. The number of nitrogens with zero attached hydrogens (tertiary/aromatic N) is 2. The summed E-state index contributed by atoms with van der Waals surface area (Å²) in [5.41, 5.74) is 1.52. The number of amides is 1. The lowest BCUT2D eigenvalue weighted by molar-refractivity contribution is 0.0277. The number of benzene rings is 1. The number of thiophene rings is 1. The first-order chi connectivity index (χ1) is 13.7. The molecule has 1 aromatic carbocycles. The summed E-state index contributed by atoms with van der Waals surface area (Å²) in [6.45, 7) is 5.83. The van der Waals surface area contributed by atoms with Crippen molar-refractivity contribution in [1.82, 2.24) is 10.2 Å². The van der Waals surface area contributed by atoms with Crippen LogP contribution in [0.15, 0.2) is 24.3 Å². The van der Waals surface area contributed by atoms with Crippen molar-refractivity contribution < 1.29 is 9.53 Å². The molecule has 1 spiro atoms. The Hall–Kier alpha value is -1.63. The van der Waals surface area contributed by atoms with Crippen LogP contribution in [-0.4, -0.2) is 61.8 Å². The first-order valence-corrected chi connectivity index (χ1v) is 11.5. The molecule has 1 aromatic heterocycles. The van der Waals surface area contributed by atoms with Crippen molar-refractivity contribution in [2.75, 3.05) is 44.3 Å². The summed E-state index contributed by atoms with van der Waals surface area (Å²) in [5, 5.41) is 4.54. The summed E-state index contributed by atoms with van der Waals surface area (Å²) in [5.74, 6) is 0.992. The predicted molar refractivity (Wildman–Crippen MR) is 112 cm³/mol. The highest BCUT2D eigenvalue weighted by Crippen LogP contribution is 2.53. The van der Waals surface area contributed by atoms with Gasteiger partial charge in [-0.05, 0) is 62.2 Å². The molecular weight excluding hydrogens is 370 g/mol. The van der Waals surface area contributed by atoms with E-state index in [2.05, 4.69) is 39.4 Å². The Morgan fingerprint density at radius 1 is 1.14 bits per heavy atom. The Balaban J connectivity index is 1.22. The van der Waals surface area contributed by atoms with E-state index in [4.69, 9.17) is 4.74 Å². The van der Waals surface area contributed by atoms with Crippen LogP contribution in [-0.2, 0) is 4.74 Å². The maximum atomic E-state index is 13.0. The van der Waals surface area contributed by atoms with Gasteiger partial charge in [-0.3, -0.25) is 9.69 Å². The van der Waals surface area contributed by atoms with E-state index in [0.717, 1.165) is 43.5 Å². The Morgan fingerprint density at radius 2 is 1.96 bits per heavy atom. The molecule has 6 heteroatoms. The van der Waals surface area contributed by atoms with Crippen LogP contribution < -0.4 is 10.2 Å². The van der Waals surface area contributed by atoms with E-state index in [9.17, 15) is 4.79 Å². The first kappa shape index (κ1) is 17.2. The number of carbonyl (C=O) groups is 1. The Kier molecular flexibility index (Phi) is 3.97. The Labute approximate surface area is 169 Å². The monoisotopic (exact) mass is 397 g/mol. The minimum atomic E-state index is 0.110. The van der Waals surface area contributed by atoms with Crippen LogP contribution in [0.3, 0.4) is 0 Å². The zero-order valence-electron chi connectivity index (χ0n) is 16.2. The molecule has 28 heavy (non-hydrogen) atoms. The Morgan fingerprint density at radius 3 is 2.71 bits per heavy atom. The summed E-state index contributed by atoms with van der Waals surface area (Å²) in [6.07, 6.45) is 5.12. The number of hydrogen-bond acceptors (Lipinski definition) is 5. The number of carbonyl (C=O) groups excluding carboxylic acids is 1. The average molecular weight is 398 g/mol. The minimum Gasteiger partial charge on any atom is -0.378 e. The largest absolute Gasteiger partial charge is 0.378 e. The number of anilines is 1. The highest BCUT2D eigenvalue weighted by atomic mass is 32.1. The highest BCUT2D eigenvalue weighted by Gasteiger charge is 2.62. The summed E-state index contributed by atoms with van der Waals surface area (Å²) < 4.78 is 6.72. The van der Waals surface area contributed by atoms with Gasteiger partial charge in [0.15, 0.2) is 0 Å². The van der Waals surface area contributed by atoms with Gasteiger partial charge in [0, 0.05) is 24.7 Å². The van der Waals surface area contributed by atoms with Gasteiger partial charge in [-0.2, -0.15) is 0 Å². The molecule has 7 rings (SSSR count). The second kappa shape index (κ2) is 6.44. The maximum Gasteiger partial charge on any atom is 0.261 e. The number of ether oxygens (including phenoxy) is 1. The first-order valence-electron chi connectivity index (χ1n) is 10.6. The molecule has 4 aliphatic heterocycles. The van der Waals surface area contributed by atoms with Gasteiger partial charge in [-0.15, -0.1) is 11.3 Å². The SMILES string of the molecule is O=C(N[C@H]1C[C@@]12CC1CCN2CC1)c1cc2cccc(N3CCOCC3)c2s1. The number of morpholine rings is 1. The van der Waals surface area contributed by atoms with E-state index in [0.29, 0.717) is 6.04 Å². The number of hydrogen-bond donors (Lipinski definition) is 1. The molecule has 148 valence electrons. The van der Waals surface area contributed by atoms with Gasteiger partial charge in [0.1, 0.15) is 0 Å². The molecule has 5 aliphatic rings. The number of fused-ring (bicyclic) bond motifs is 3. The fourth-order valence-electron chi connectivity index (χ4n) is 5.71. The van der Waals surface area contributed by atoms with Crippen molar-refractivity contribution in [3.05, 3.63) is 29.1 Å². The van der Waals surface area contributed by atoms with Crippen molar-refractivity contribution in [1.29, 1.82) is 0 Å². The lowest BCUT2D eigenvalue weighted by atomic mass is 9.81. The van der Waals surface area contributed by atoms with Crippen LogP contribution >= 0.6 is 11.3 Å². The topological polar surface area (TPSA) is 44.8 Å². The van der Waals surface area contributed by atoms with E-state index >= 15 is 0 Å². The summed E-state index contributed by atoms with van der Waals surface area (Å²) in [6, 6.07) is 8.81. The Bertz CT molecular complexity index is 914. The number of nitrogens with one attached hydrogen (secondary N) is 1. The standard InChI is InChI=1S/C22H27N3O2S/c26-21(23-19-14-22(19)13-15-4-6-25(22)7-5-15)18-12-16-2-1-3-17(20(16)28-18)24-8-10-27-11-9-24/h1-3,12,15,19H,4-11,13-14H2,(H,23,26)/t19-,22-/m0/s1. The van der Waals surface area contributed by atoms with Gasteiger partial charge in [0.2, 0.25) is 0 Å². The van der Waals surface area contributed by atoms with Gasteiger partial charge in [0.25, 0.3) is 5.91 Å². The zero-order valence-corrected chi connectivity index (χ0v) is 17.0.